The zero-order valence-corrected chi connectivity index (χ0v) is 12.1. The fourth-order valence-electron chi connectivity index (χ4n) is 2.92. The molecule has 1 aliphatic rings. The number of benzene rings is 2. The van der Waals surface area contributed by atoms with Crippen molar-refractivity contribution in [3.8, 4) is 0 Å². The van der Waals surface area contributed by atoms with Crippen molar-refractivity contribution in [1.82, 2.24) is 0 Å². The van der Waals surface area contributed by atoms with E-state index in [-0.39, 0.29) is 5.78 Å². The maximum absolute atomic E-state index is 12.9. The lowest BCUT2D eigenvalue weighted by molar-refractivity contribution is 0.103. The van der Waals surface area contributed by atoms with Crippen LogP contribution in [-0.4, -0.2) is 5.78 Å². The van der Waals surface area contributed by atoms with E-state index in [9.17, 15) is 4.79 Å². The second-order valence-corrected chi connectivity index (χ2v) is 5.79. The van der Waals surface area contributed by atoms with E-state index in [4.69, 9.17) is 0 Å². The van der Waals surface area contributed by atoms with Gasteiger partial charge in [0.2, 0.25) is 0 Å². The predicted octanol–water partition coefficient (Wildman–Crippen LogP) is 4.80. The Morgan fingerprint density at radius 2 is 1.65 bits per heavy atom. The maximum atomic E-state index is 12.9. The van der Waals surface area contributed by atoms with Gasteiger partial charge in [0.05, 0.1) is 0 Å². The smallest absolute Gasteiger partial charge is 0.193 e. The van der Waals surface area contributed by atoms with Crippen molar-refractivity contribution < 1.29 is 4.79 Å². The Hall–Kier alpha value is -1.89. The summed E-state index contributed by atoms with van der Waals surface area (Å²) in [6.45, 7) is 4.10. The summed E-state index contributed by atoms with van der Waals surface area (Å²) >= 11 is 0. The standard InChI is InChI=1S/C19H20O/c1-13-7-5-12-16(14(13)2)19(20)18-11-4-3-10-17(18)15-8-6-9-15/h3-5,7,10-12,15H,6,8-9H2,1-2H3. The van der Waals surface area contributed by atoms with Gasteiger partial charge in [-0.3, -0.25) is 4.79 Å². The lowest BCUT2D eigenvalue weighted by Crippen LogP contribution is -2.15. The number of aryl methyl sites for hydroxylation is 1. The van der Waals surface area contributed by atoms with Gasteiger partial charge in [-0.15, -0.1) is 0 Å². The average molecular weight is 264 g/mol. The van der Waals surface area contributed by atoms with E-state index in [2.05, 4.69) is 19.1 Å². The van der Waals surface area contributed by atoms with Crippen LogP contribution in [0.3, 0.4) is 0 Å². The molecule has 2 aromatic carbocycles. The van der Waals surface area contributed by atoms with Gasteiger partial charge in [0.1, 0.15) is 0 Å². The molecule has 1 fully saturated rings. The van der Waals surface area contributed by atoms with Crippen LogP contribution in [-0.2, 0) is 0 Å². The topological polar surface area (TPSA) is 17.1 Å². The van der Waals surface area contributed by atoms with Gasteiger partial charge in [-0.2, -0.15) is 0 Å². The molecular weight excluding hydrogens is 244 g/mol. The molecule has 3 rings (SSSR count). The minimum Gasteiger partial charge on any atom is -0.289 e. The molecule has 2 aromatic rings. The molecule has 1 aliphatic carbocycles. The first-order valence-electron chi connectivity index (χ1n) is 7.38. The number of carbonyl (C=O) groups is 1. The summed E-state index contributed by atoms with van der Waals surface area (Å²) in [5.41, 5.74) is 5.25. The third kappa shape index (κ3) is 2.18. The SMILES string of the molecule is Cc1cccc(C(=O)c2ccccc2C2CCC2)c1C. The molecule has 0 saturated heterocycles. The number of rotatable bonds is 3. The summed E-state index contributed by atoms with van der Waals surface area (Å²) in [7, 11) is 0. The lowest BCUT2D eigenvalue weighted by atomic mass is 9.77. The van der Waals surface area contributed by atoms with Gasteiger partial charge < -0.3 is 0 Å². The van der Waals surface area contributed by atoms with E-state index < -0.39 is 0 Å². The van der Waals surface area contributed by atoms with Crippen LogP contribution in [0.15, 0.2) is 42.5 Å². The normalized spacial score (nSPS) is 14.9. The second kappa shape index (κ2) is 5.24. The molecule has 1 heteroatoms. The quantitative estimate of drug-likeness (QED) is 0.728. The van der Waals surface area contributed by atoms with Crippen LogP contribution in [0.25, 0.3) is 0 Å². The molecule has 0 spiro atoms. The molecule has 0 amide bonds. The third-order valence-corrected chi connectivity index (χ3v) is 4.60. The van der Waals surface area contributed by atoms with Crippen LogP contribution in [0.4, 0.5) is 0 Å². The number of hydrogen-bond donors (Lipinski definition) is 0. The number of carbonyl (C=O) groups excluding carboxylic acids is 1. The molecule has 0 unspecified atom stereocenters. The monoisotopic (exact) mass is 264 g/mol. The Balaban J connectivity index is 2.04. The summed E-state index contributed by atoms with van der Waals surface area (Å²) < 4.78 is 0. The molecule has 0 atom stereocenters. The number of hydrogen-bond acceptors (Lipinski definition) is 1. The van der Waals surface area contributed by atoms with Crippen LogP contribution >= 0.6 is 0 Å². The first kappa shape index (κ1) is 13.1. The summed E-state index contributed by atoms with van der Waals surface area (Å²) in [5.74, 6) is 0.758. The van der Waals surface area contributed by atoms with E-state index in [0.29, 0.717) is 5.92 Å². The highest BCUT2D eigenvalue weighted by Gasteiger charge is 2.25. The maximum Gasteiger partial charge on any atom is 0.193 e. The fourth-order valence-corrected chi connectivity index (χ4v) is 2.92. The van der Waals surface area contributed by atoms with E-state index >= 15 is 0 Å². The molecule has 1 saturated carbocycles. The van der Waals surface area contributed by atoms with E-state index in [1.54, 1.807) is 0 Å². The van der Waals surface area contributed by atoms with Crippen molar-refractivity contribution in [2.24, 2.45) is 0 Å². The molecular formula is C19H20O. The Kier molecular flexibility index (Phi) is 3.43. The fraction of sp³-hybridized carbons (Fsp3) is 0.316. The van der Waals surface area contributed by atoms with Crippen molar-refractivity contribution in [1.29, 1.82) is 0 Å². The predicted molar refractivity (Wildman–Crippen MR) is 82.4 cm³/mol. The molecule has 0 aromatic heterocycles. The zero-order valence-electron chi connectivity index (χ0n) is 12.1. The Morgan fingerprint density at radius 1 is 0.950 bits per heavy atom. The van der Waals surface area contributed by atoms with E-state index in [1.165, 1.54) is 30.4 Å². The minimum absolute atomic E-state index is 0.175. The van der Waals surface area contributed by atoms with Gasteiger partial charge in [0.25, 0.3) is 0 Å². The van der Waals surface area contributed by atoms with Gasteiger partial charge in [-0.1, -0.05) is 48.9 Å². The molecule has 0 bridgehead atoms. The van der Waals surface area contributed by atoms with Gasteiger partial charge in [0.15, 0.2) is 5.78 Å². The Bertz CT molecular complexity index is 651. The van der Waals surface area contributed by atoms with Gasteiger partial charge in [-0.05, 0) is 49.3 Å². The van der Waals surface area contributed by atoms with E-state index in [1.807, 2.05) is 37.3 Å². The Morgan fingerprint density at radius 3 is 2.35 bits per heavy atom. The van der Waals surface area contributed by atoms with Gasteiger partial charge >= 0.3 is 0 Å². The molecule has 0 radical (unpaired) electrons. The zero-order chi connectivity index (χ0) is 14.1. The van der Waals surface area contributed by atoms with Crippen molar-refractivity contribution in [3.05, 3.63) is 70.3 Å². The summed E-state index contributed by atoms with van der Waals surface area (Å²) in [4.78, 5) is 12.9. The first-order chi connectivity index (χ1) is 9.68. The molecule has 1 nitrogen and oxygen atoms in total. The highest BCUT2D eigenvalue weighted by Crippen LogP contribution is 2.38. The molecule has 0 N–H and O–H groups in total. The van der Waals surface area contributed by atoms with Crippen molar-refractivity contribution >= 4 is 5.78 Å². The summed E-state index contributed by atoms with van der Waals surface area (Å²) in [5, 5.41) is 0. The highest BCUT2D eigenvalue weighted by atomic mass is 16.1. The van der Waals surface area contributed by atoms with Crippen molar-refractivity contribution in [2.45, 2.75) is 39.0 Å². The van der Waals surface area contributed by atoms with Crippen LogP contribution in [0.2, 0.25) is 0 Å². The highest BCUT2D eigenvalue weighted by molar-refractivity contribution is 6.11. The number of ketones is 1. The minimum atomic E-state index is 0.175. The molecule has 0 aliphatic heterocycles. The van der Waals surface area contributed by atoms with Crippen LogP contribution in [0, 0.1) is 13.8 Å². The Labute approximate surface area is 120 Å². The van der Waals surface area contributed by atoms with Gasteiger partial charge in [0, 0.05) is 11.1 Å². The molecule has 20 heavy (non-hydrogen) atoms. The summed E-state index contributed by atoms with van der Waals surface area (Å²) in [6.07, 6.45) is 3.73. The van der Waals surface area contributed by atoms with Crippen molar-refractivity contribution in [2.75, 3.05) is 0 Å². The van der Waals surface area contributed by atoms with Gasteiger partial charge in [-0.25, -0.2) is 0 Å². The van der Waals surface area contributed by atoms with E-state index in [0.717, 1.165) is 16.7 Å². The summed E-state index contributed by atoms with van der Waals surface area (Å²) in [6, 6.07) is 14.1. The molecule has 102 valence electrons. The van der Waals surface area contributed by atoms with Crippen molar-refractivity contribution in [3.63, 3.8) is 0 Å². The molecule has 0 heterocycles. The van der Waals surface area contributed by atoms with Crippen LogP contribution in [0.5, 0.6) is 0 Å². The second-order valence-electron chi connectivity index (χ2n) is 5.79. The van der Waals surface area contributed by atoms with Crippen LogP contribution < -0.4 is 0 Å². The largest absolute Gasteiger partial charge is 0.289 e. The lowest BCUT2D eigenvalue weighted by Gasteiger charge is -2.27. The van der Waals surface area contributed by atoms with Crippen LogP contribution in [0.1, 0.15) is 57.8 Å². The average Bonchev–Trinajstić information content (AvgIpc) is 2.40. The third-order valence-electron chi connectivity index (χ3n) is 4.60. The first-order valence-corrected chi connectivity index (χ1v) is 7.38.